The van der Waals surface area contributed by atoms with Crippen LogP contribution in [0.2, 0.25) is 0 Å². The molecule has 1 rings (SSSR count). The highest BCUT2D eigenvalue weighted by Crippen LogP contribution is 2.26. The van der Waals surface area contributed by atoms with Gasteiger partial charge in [-0.15, -0.1) is 0 Å². The van der Waals surface area contributed by atoms with Crippen LogP contribution in [-0.2, 0) is 52.7 Å². The lowest BCUT2D eigenvalue weighted by Gasteiger charge is -2.41. The number of nitrogens with zero attached hydrogens (tertiary/aromatic N) is 8. The van der Waals surface area contributed by atoms with Crippen molar-refractivity contribution in [2.75, 3.05) is 62.9 Å². The van der Waals surface area contributed by atoms with Crippen molar-refractivity contribution in [2.24, 2.45) is 41.4 Å². The summed E-state index contributed by atoms with van der Waals surface area (Å²) in [5.41, 5.74) is 0. The number of carbonyl (C=O) groups is 11. The maximum absolute atomic E-state index is 15.2. The van der Waals surface area contributed by atoms with Crippen LogP contribution in [0.15, 0.2) is 12.2 Å². The molecule has 0 unspecified atom stereocenters. The van der Waals surface area contributed by atoms with Crippen molar-refractivity contribution >= 4 is 65.0 Å². The van der Waals surface area contributed by atoms with Crippen molar-refractivity contribution in [3.63, 3.8) is 0 Å². The fourth-order valence-corrected chi connectivity index (χ4v) is 11.2. The number of carbonyl (C=O) groups excluding carboxylic acids is 11. The van der Waals surface area contributed by atoms with Crippen molar-refractivity contribution in [1.82, 2.24) is 55.1 Å². The first-order valence-electron chi connectivity index (χ1n) is 31.0. The van der Waals surface area contributed by atoms with Crippen LogP contribution in [0.1, 0.15) is 156 Å². The Morgan fingerprint density at radius 2 is 0.802 bits per heavy atom. The summed E-state index contributed by atoms with van der Waals surface area (Å²) >= 11 is 0. The minimum atomic E-state index is -1.61. The average Bonchev–Trinajstić information content (AvgIpc) is 1.52. The monoisotopic (exact) mass is 1220 g/mol. The average molecular weight is 1220 g/mol. The lowest BCUT2D eigenvalue weighted by molar-refractivity contribution is -0.157. The van der Waals surface area contributed by atoms with E-state index in [4.69, 9.17) is 0 Å². The molecule has 23 nitrogen and oxygen atoms in total. The Morgan fingerprint density at radius 1 is 0.442 bits per heavy atom. The number of likely N-dealkylation sites (N-methyl/N-ethyl adjacent to an activating group) is 8. The molecule has 23 heteroatoms. The van der Waals surface area contributed by atoms with Crippen LogP contribution in [0, 0.1) is 41.4 Å². The van der Waals surface area contributed by atoms with Crippen LogP contribution in [0.25, 0.3) is 0 Å². The molecule has 0 saturated carbocycles. The molecule has 1 fully saturated rings. The largest absolute Gasteiger partial charge is 0.390 e. The maximum Gasteiger partial charge on any atom is 0.246 e. The third-order valence-electron chi connectivity index (χ3n) is 16.5. The Balaban J connectivity index is 4.37. The van der Waals surface area contributed by atoms with Crippen LogP contribution in [0.4, 0.5) is 0 Å². The highest BCUT2D eigenvalue weighted by molar-refractivity contribution is 5.99. The van der Waals surface area contributed by atoms with E-state index < -0.39 is 156 Å². The van der Waals surface area contributed by atoms with Gasteiger partial charge in [-0.3, -0.25) is 52.7 Å². The predicted molar refractivity (Wildman–Crippen MR) is 333 cm³/mol. The summed E-state index contributed by atoms with van der Waals surface area (Å²) in [4.78, 5) is 171. The van der Waals surface area contributed by atoms with Gasteiger partial charge in [0.05, 0.1) is 12.6 Å². The molecule has 1 aliphatic rings. The second-order valence-corrected chi connectivity index (χ2v) is 26.5. The summed E-state index contributed by atoms with van der Waals surface area (Å²) in [6.07, 6.45) is 3.06. The van der Waals surface area contributed by atoms with Crippen LogP contribution in [-0.4, -0.2) is 239 Å². The van der Waals surface area contributed by atoms with Gasteiger partial charge in [-0.25, -0.2) is 0 Å². The van der Waals surface area contributed by atoms with Crippen LogP contribution in [0.5, 0.6) is 0 Å². The Labute approximate surface area is 515 Å². The van der Waals surface area contributed by atoms with Crippen molar-refractivity contribution in [3.8, 4) is 0 Å². The molecule has 1 heterocycles. The molecule has 0 aromatic rings. The number of nitrogens with one attached hydrogen (secondary N) is 3. The molecule has 0 bridgehead atoms. The first kappa shape index (κ1) is 77.9. The quantitative estimate of drug-likeness (QED) is 0.171. The lowest BCUT2D eigenvalue weighted by Crippen LogP contribution is -2.63. The molecule has 1 saturated heterocycles. The summed E-state index contributed by atoms with van der Waals surface area (Å²) in [5.74, 6) is -9.54. The summed E-state index contributed by atoms with van der Waals surface area (Å²) < 4.78 is 0. The number of allylic oxidation sites excluding steroid dienone is 2. The van der Waals surface area contributed by atoms with Gasteiger partial charge >= 0.3 is 0 Å². The number of aliphatic hydroxyl groups is 1. The molecule has 4 N–H and O–H groups in total. The highest BCUT2D eigenvalue weighted by atomic mass is 16.3. The van der Waals surface area contributed by atoms with E-state index in [1.165, 1.54) is 99.6 Å². The smallest absolute Gasteiger partial charge is 0.246 e. The summed E-state index contributed by atoms with van der Waals surface area (Å²) in [7, 11) is 11.4. The number of rotatable bonds is 15. The van der Waals surface area contributed by atoms with E-state index in [1.807, 2.05) is 61.5 Å². The zero-order valence-electron chi connectivity index (χ0n) is 57.0. The minimum Gasteiger partial charge on any atom is -0.390 e. The van der Waals surface area contributed by atoms with Crippen LogP contribution in [0.3, 0.4) is 0 Å². The van der Waals surface area contributed by atoms with Crippen molar-refractivity contribution < 1.29 is 57.8 Å². The summed E-state index contributed by atoms with van der Waals surface area (Å²) in [6.45, 7) is 29.5. The Bertz CT molecular complexity index is 2360. The Hall–Kier alpha value is -6.13. The second kappa shape index (κ2) is 35.0. The summed E-state index contributed by atoms with van der Waals surface area (Å²) in [6, 6.07) is -12.3. The van der Waals surface area contributed by atoms with E-state index in [-0.39, 0.29) is 55.8 Å². The standard InChI is InChI=1S/C63H113N11O12/c1-26-28-29-41(15)53(76)52-56(79)66-44(27-2)58(81)67(18)34-49(75)68(19)46(31-36(5)6)60(83)72(23)50(39(11)12)62(85)69(20)45(30-35(3)4)55(78)64-42(16)54(77)65-43(17)57(80)70(21)47(32-37(7)8)59(82)71(22)48(33-38(9)10)61(84)73(24)51(40(13)14)63(86)74(52)25/h26,28,35-48,50-53,76H,27,29-34H2,1-25H3,(H,64,78)(H,65,77)(H,66,79)/b28-26+/t41-,42+,43-,44+,45+,46+,47+,48+,50+,51+,52+,53-/m1/s1. The van der Waals surface area contributed by atoms with E-state index in [1.54, 1.807) is 54.5 Å². The number of aliphatic hydroxyl groups excluding tert-OH is 1. The Morgan fingerprint density at radius 3 is 1.21 bits per heavy atom. The molecule has 0 spiro atoms. The summed E-state index contributed by atoms with van der Waals surface area (Å²) in [5, 5.41) is 20.3. The maximum atomic E-state index is 15.2. The number of amides is 11. The zero-order chi connectivity index (χ0) is 66.8. The van der Waals surface area contributed by atoms with E-state index >= 15 is 9.59 Å². The molecule has 492 valence electrons. The van der Waals surface area contributed by atoms with Crippen LogP contribution < -0.4 is 16.0 Å². The van der Waals surface area contributed by atoms with Gasteiger partial charge in [0.15, 0.2) is 0 Å². The van der Waals surface area contributed by atoms with Gasteiger partial charge in [0, 0.05) is 56.4 Å². The van der Waals surface area contributed by atoms with Gasteiger partial charge in [-0.1, -0.05) is 109 Å². The van der Waals surface area contributed by atoms with Gasteiger partial charge < -0.3 is 60.3 Å². The Kier molecular flexibility index (Phi) is 31.7. The third kappa shape index (κ3) is 21.0. The molecule has 0 aromatic carbocycles. The highest BCUT2D eigenvalue weighted by Gasteiger charge is 2.46. The van der Waals surface area contributed by atoms with Gasteiger partial charge in [0.1, 0.15) is 60.4 Å². The van der Waals surface area contributed by atoms with Gasteiger partial charge in [-0.2, -0.15) is 0 Å². The molecule has 0 aliphatic carbocycles. The van der Waals surface area contributed by atoms with Gasteiger partial charge in [0.25, 0.3) is 0 Å². The SMILES string of the molecule is C/C=C/C[C@@H](C)[C@@H](O)[C@H]1C(=O)N[C@@H](CC)C(=O)N(C)CC(=O)N(C)[C@@H](CC(C)C)C(=O)N(C)[C@@H](C(C)C)C(=O)N(C)[C@@H](CC(C)C)C(=O)N[C@@H](C)C(=O)N[C@H](C)C(=O)N(C)[C@@H](CC(C)C)C(=O)N(C)[C@@H](CC(C)C)C(=O)N(C)[C@@H](C(C)C)C(=O)N1C. The van der Waals surface area contributed by atoms with E-state index in [0.29, 0.717) is 6.42 Å². The number of hydrogen-bond acceptors (Lipinski definition) is 12. The minimum absolute atomic E-state index is 0.0237. The molecular weight excluding hydrogens is 1100 g/mol. The predicted octanol–water partition coefficient (Wildman–Crippen LogP) is 3.61. The van der Waals surface area contributed by atoms with E-state index in [9.17, 15) is 48.3 Å². The molecule has 0 radical (unpaired) electrons. The van der Waals surface area contributed by atoms with Crippen LogP contribution >= 0.6 is 0 Å². The topological polar surface area (TPSA) is 270 Å². The lowest BCUT2D eigenvalue weighted by atomic mass is 9.91. The third-order valence-corrected chi connectivity index (χ3v) is 16.5. The van der Waals surface area contributed by atoms with E-state index in [0.717, 1.165) is 9.80 Å². The molecule has 11 amide bonds. The fourth-order valence-electron chi connectivity index (χ4n) is 11.2. The number of hydrogen-bond donors (Lipinski definition) is 4. The molecule has 12 atom stereocenters. The van der Waals surface area contributed by atoms with Gasteiger partial charge in [-0.05, 0) is 101 Å². The van der Waals surface area contributed by atoms with Crippen molar-refractivity contribution in [3.05, 3.63) is 12.2 Å². The van der Waals surface area contributed by atoms with Crippen molar-refractivity contribution in [2.45, 2.75) is 223 Å². The first-order chi connectivity index (χ1) is 39.6. The second-order valence-electron chi connectivity index (χ2n) is 26.5. The first-order valence-corrected chi connectivity index (χ1v) is 31.0. The molecule has 86 heavy (non-hydrogen) atoms. The zero-order valence-corrected chi connectivity index (χ0v) is 57.0. The fraction of sp³-hybridized carbons (Fsp3) is 0.794. The van der Waals surface area contributed by atoms with Gasteiger partial charge in [0.2, 0.25) is 65.0 Å². The van der Waals surface area contributed by atoms with Crippen molar-refractivity contribution in [1.29, 1.82) is 0 Å². The molecule has 0 aromatic heterocycles. The molecular formula is C63H113N11O12. The molecule has 1 aliphatic heterocycles. The normalized spacial score (nSPS) is 26.9. The van der Waals surface area contributed by atoms with E-state index in [2.05, 4.69) is 16.0 Å².